The van der Waals surface area contributed by atoms with E-state index in [1.807, 2.05) is 20.8 Å². The number of H-pyrrole nitrogens is 1. The van der Waals surface area contributed by atoms with Crippen molar-refractivity contribution >= 4 is 0 Å². The molecule has 3 rings (SSSR count). The van der Waals surface area contributed by atoms with E-state index >= 15 is 0 Å². The fourth-order valence-electron chi connectivity index (χ4n) is 2.52. The van der Waals surface area contributed by atoms with E-state index in [1.165, 1.54) is 0 Å². The van der Waals surface area contributed by atoms with Gasteiger partial charge in [-0.2, -0.15) is 10.1 Å². The number of morpholine rings is 1. The third-order valence-electron chi connectivity index (χ3n) is 3.68. The highest BCUT2D eigenvalue weighted by Gasteiger charge is 2.26. The minimum absolute atomic E-state index is 0.140. The summed E-state index contributed by atoms with van der Waals surface area (Å²) in [6.07, 6.45) is -0.301. The van der Waals surface area contributed by atoms with Crippen molar-refractivity contribution in [2.45, 2.75) is 39.5 Å². The summed E-state index contributed by atoms with van der Waals surface area (Å²) in [5.41, 5.74) is 0. The van der Waals surface area contributed by atoms with Crippen LogP contribution in [-0.2, 0) is 16.0 Å². The Bertz CT molecular complexity index is 628. The quantitative estimate of drug-likeness (QED) is 0.845. The number of hydrogen-bond donors (Lipinski definition) is 1. The fourth-order valence-corrected chi connectivity index (χ4v) is 2.52. The van der Waals surface area contributed by atoms with Gasteiger partial charge in [0.15, 0.2) is 11.6 Å². The number of aromatic nitrogens is 5. The van der Waals surface area contributed by atoms with E-state index in [0.29, 0.717) is 43.8 Å². The Morgan fingerprint density at radius 3 is 3.04 bits per heavy atom. The molecule has 126 valence electrons. The lowest BCUT2D eigenvalue weighted by Crippen LogP contribution is -2.38. The van der Waals surface area contributed by atoms with Crippen LogP contribution in [0.1, 0.15) is 49.4 Å². The largest absolute Gasteiger partial charge is 0.371 e. The summed E-state index contributed by atoms with van der Waals surface area (Å²) in [4.78, 5) is 10.9. The van der Waals surface area contributed by atoms with Gasteiger partial charge in [0.2, 0.25) is 5.89 Å². The van der Waals surface area contributed by atoms with E-state index in [4.69, 9.17) is 14.0 Å². The topological polar surface area (TPSA) is 102 Å². The molecule has 0 aromatic carbocycles. The molecule has 23 heavy (non-hydrogen) atoms. The van der Waals surface area contributed by atoms with E-state index in [1.54, 1.807) is 0 Å². The summed E-state index contributed by atoms with van der Waals surface area (Å²) in [5.74, 6) is 2.63. The van der Waals surface area contributed by atoms with Gasteiger partial charge >= 0.3 is 0 Å². The first-order valence-electron chi connectivity index (χ1n) is 7.82. The van der Waals surface area contributed by atoms with Gasteiger partial charge in [0.1, 0.15) is 18.0 Å². The number of hydrogen-bond acceptors (Lipinski definition) is 8. The molecule has 1 N–H and O–H groups in total. The third kappa shape index (κ3) is 3.92. The molecule has 0 bridgehead atoms. The maximum absolute atomic E-state index is 5.75. The lowest BCUT2D eigenvalue weighted by atomic mass is 10.2. The Hall–Kier alpha value is -1.84. The normalized spacial score (nSPS) is 20.7. The van der Waals surface area contributed by atoms with Crippen LogP contribution in [0.15, 0.2) is 4.52 Å². The lowest BCUT2D eigenvalue weighted by Gasteiger charge is -2.30. The number of aryl methyl sites for hydroxylation is 1. The van der Waals surface area contributed by atoms with E-state index in [2.05, 4.69) is 30.2 Å². The van der Waals surface area contributed by atoms with E-state index < -0.39 is 0 Å². The molecule has 0 unspecified atom stereocenters. The first-order chi connectivity index (χ1) is 11.2. The Labute approximate surface area is 134 Å². The van der Waals surface area contributed by atoms with Crippen LogP contribution in [-0.4, -0.2) is 56.5 Å². The van der Waals surface area contributed by atoms with Crippen LogP contribution in [0.25, 0.3) is 0 Å². The number of ether oxygens (including phenoxy) is 2. The van der Waals surface area contributed by atoms with Gasteiger partial charge in [-0.3, -0.25) is 10.00 Å². The highest BCUT2D eigenvalue weighted by atomic mass is 16.5. The van der Waals surface area contributed by atoms with Crippen LogP contribution >= 0.6 is 0 Å². The van der Waals surface area contributed by atoms with Crippen molar-refractivity contribution < 1.29 is 14.0 Å². The summed E-state index contributed by atoms with van der Waals surface area (Å²) in [7, 11) is 0. The molecule has 0 spiro atoms. The Morgan fingerprint density at radius 1 is 1.43 bits per heavy atom. The van der Waals surface area contributed by atoms with Crippen LogP contribution in [0.2, 0.25) is 0 Å². The van der Waals surface area contributed by atoms with Gasteiger partial charge in [-0.15, -0.1) is 0 Å². The van der Waals surface area contributed by atoms with Crippen LogP contribution in [0.5, 0.6) is 0 Å². The Kier molecular flexibility index (Phi) is 4.99. The minimum atomic E-state index is -0.161. The monoisotopic (exact) mass is 322 g/mol. The van der Waals surface area contributed by atoms with Crippen LogP contribution in [0, 0.1) is 6.92 Å². The molecule has 3 heterocycles. The van der Waals surface area contributed by atoms with Crippen molar-refractivity contribution in [2.24, 2.45) is 0 Å². The van der Waals surface area contributed by atoms with Gasteiger partial charge < -0.3 is 14.0 Å². The number of nitrogens with one attached hydrogen (secondary N) is 1. The Morgan fingerprint density at radius 2 is 2.30 bits per heavy atom. The van der Waals surface area contributed by atoms with Crippen molar-refractivity contribution in [1.82, 2.24) is 30.2 Å². The third-order valence-corrected chi connectivity index (χ3v) is 3.68. The molecular formula is C14H22N6O3. The highest BCUT2D eigenvalue weighted by Crippen LogP contribution is 2.21. The average Bonchev–Trinajstić information content (AvgIpc) is 3.17. The zero-order valence-corrected chi connectivity index (χ0v) is 13.7. The zero-order valence-electron chi connectivity index (χ0n) is 13.7. The molecule has 1 fully saturated rings. The second kappa shape index (κ2) is 7.16. The van der Waals surface area contributed by atoms with Gasteiger partial charge in [0.05, 0.1) is 13.2 Å². The molecular weight excluding hydrogens is 300 g/mol. The molecule has 0 radical (unpaired) electrons. The smallest absolute Gasteiger partial charge is 0.240 e. The summed E-state index contributed by atoms with van der Waals surface area (Å²) in [5, 5.41) is 11.0. The number of aromatic amines is 1. The standard InChI is InChI=1S/C14H22N6O3/c1-4-21-9(2)13-16-12(23-19-13)8-20-5-6-22-11(7-20)14-15-10(3)17-18-14/h9,11H,4-8H2,1-3H3,(H,15,17,18)/t9-,11+/m0/s1. The van der Waals surface area contributed by atoms with Gasteiger partial charge in [-0.05, 0) is 20.8 Å². The number of nitrogens with zero attached hydrogens (tertiary/aromatic N) is 5. The summed E-state index contributed by atoms with van der Waals surface area (Å²) in [6.45, 7) is 9.03. The van der Waals surface area contributed by atoms with Gasteiger partial charge in [-0.1, -0.05) is 5.16 Å². The van der Waals surface area contributed by atoms with Crippen LogP contribution in [0.3, 0.4) is 0 Å². The number of rotatable bonds is 6. The van der Waals surface area contributed by atoms with Gasteiger partial charge in [0, 0.05) is 19.7 Å². The molecule has 0 aliphatic carbocycles. The minimum Gasteiger partial charge on any atom is -0.371 e. The SMILES string of the molecule is CCO[C@@H](C)c1noc(CN2CCO[C@@H](c3n[nH]c(C)n3)C2)n1. The van der Waals surface area contributed by atoms with Gasteiger partial charge in [-0.25, -0.2) is 4.98 Å². The highest BCUT2D eigenvalue weighted by molar-refractivity contribution is 4.96. The second-order valence-electron chi connectivity index (χ2n) is 5.52. The molecule has 0 saturated carbocycles. The van der Waals surface area contributed by atoms with Crippen molar-refractivity contribution in [1.29, 1.82) is 0 Å². The first-order valence-corrected chi connectivity index (χ1v) is 7.82. The van der Waals surface area contributed by atoms with E-state index in [-0.39, 0.29) is 12.2 Å². The second-order valence-corrected chi connectivity index (χ2v) is 5.52. The van der Waals surface area contributed by atoms with Gasteiger partial charge in [0.25, 0.3) is 0 Å². The molecule has 9 heteroatoms. The molecule has 1 aliphatic rings. The summed E-state index contributed by atoms with van der Waals surface area (Å²) >= 11 is 0. The predicted octanol–water partition coefficient (Wildman–Crippen LogP) is 1.17. The Balaban J connectivity index is 1.59. The van der Waals surface area contributed by atoms with E-state index in [9.17, 15) is 0 Å². The average molecular weight is 322 g/mol. The van der Waals surface area contributed by atoms with Crippen molar-refractivity contribution in [3.63, 3.8) is 0 Å². The molecule has 2 aromatic rings. The molecule has 9 nitrogen and oxygen atoms in total. The maximum atomic E-state index is 5.75. The lowest BCUT2D eigenvalue weighted by molar-refractivity contribution is -0.0396. The van der Waals surface area contributed by atoms with Crippen LogP contribution in [0.4, 0.5) is 0 Å². The predicted molar refractivity (Wildman–Crippen MR) is 79.4 cm³/mol. The molecule has 0 amide bonds. The molecule has 2 aromatic heterocycles. The van der Waals surface area contributed by atoms with Crippen LogP contribution < -0.4 is 0 Å². The maximum Gasteiger partial charge on any atom is 0.240 e. The summed E-state index contributed by atoms with van der Waals surface area (Å²) < 4.78 is 16.5. The summed E-state index contributed by atoms with van der Waals surface area (Å²) in [6, 6.07) is 0. The first kappa shape index (κ1) is 16.0. The van der Waals surface area contributed by atoms with Crippen molar-refractivity contribution in [3.05, 3.63) is 23.4 Å². The zero-order chi connectivity index (χ0) is 16.2. The molecule has 1 saturated heterocycles. The van der Waals surface area contributed by atoms with E-state index in [0.717, 1.165) is 12.4 Å². The van der Waals surface area contributed by atoms with Crippen molar-refractivity contribution in [2.75, 3.05) is 26.3 Å². The molecule has 1 aliphatic heterocycles. The molecule has 2 atom stereocenters. The fraction of sp³-hybridized carbons (Fsp3) is 0.714. The van der Waals surface area contributed by atoms with Crippen molar-refractivity contribution in [3.8, 4) is 0 Å².